The van der Waals surface area contributed by atoms with Crippen LogP contribution in [0.4, 0.5) is 4.79 Å². The number of hydrogen-bond acceptors (Lipinski definition) is 3. The summed E-state index contributed by atoms with van der Waals surface area (Å²) in [4.78, 5) is 24.6. The van der Waals surface area contributed by atoms with E-state index in [0.717, 1.165) is 0 Å². The summed E-state index contributed by atoms with van der Waals surface area (Å²) in [5.74, 6) is -0.474. The van der Waals surface area contributed by atoms with Crippen molar-refractivity contribution in [1.29, 1.82) is 0 Å². The highest BCUT2D eigenvalue weighted by Gasteiger charge is 2.28. The van der Waals surface area contributed by atoms with Crippen molar-refractivity contribution < 1.29 is 14.3 Å². The van der Waals surface area contributed by atoms with Gasteiger partial charge in [0.05, 0.1) is 18.8 Å². The highest BCUT2D eigenvalue weighted by atomic mass is 35.5. The average molecular weight is 249 g/mol. The Balaban J connectivity index is 2.55. The molecule has 5 nitrogen and oxygen atoms in total. The molecule has 92 valence electrons. The third-order valence-corrected chi connectivity index (χ3v) is 2.66. The zero-order valence-electron chi connectivity index (χ0n) is 9.70. The van der Waals surface area contributed by atoms with Crippen LogP contribution in [0.3, 0.4) is 0 Å². The van der Waals surface area contributed by atoms with Gasteiger partial charge in [0.25, 0.3) is 0 Å². The summed E-state index contributed by atoms with van der Waals surface area (Å²) in [6.07, 6.45) is -0.00882. The van der Waals surface area contributed by atoms with Crippen LogP contribution in [0, 0.1) is 0 Å². The molecule has 1 fully saturated rings. The molecule has 1 aliphatic rings. The first-order chi connectivity index (χ1) is 7.41. The zero-order chi connectivity index (χ0) is 12.3. The van der Waals surface area contributed by atoms with Gasteiger partial charge in [-0.1, -0.05) is 0 Å². The number of rotatable bonds is 1. The fourth-order valence-corrected chi connectivity index (χ4v) is 1.52. The minimum Gasteiger partial charge on any atom is -0.375 e. The predicted molar refractivity (Wildman–Crippen MR) is 60.4 cm³/mol. The normalized spacial score (nSPS) is 27.4. The number of halogens is 1. The van der Waals surface area contributed by atoms with Gasteiger partial charge in [-0.05, 0) is 20.8 Å². The summed E-state index contributed by atoms with van der Waals surface area (Å²) in [5.41, 5.74) is 0. The summed E-state index contributed by atoms with van der Waals surface area (Å²) in [5, 5.41) is 1.55. The fourth-order valence-electron chi connectivity index (χ4n) is 1.46. The van der Waals surface area contributed by atoms with Crippen LogP contribution in [0.5, 0.6) is 0 Å². The number of ether oxygens (including phenoxy) is 1. The van der Waals surface area contributed by atoms with Gasteiger partial charge >= 0.3 is 6.03 Å². The Kier molecular flexibility index (Phi) is 4.56. The van der Waals surface area contributed by atoms with Crippen molar-refractivity contribution in [2.45, 2.75) is 38.3 Å². The molecule has 1 rings (SSSR count). The van der Waals surface area contributed by atoms with E-state index in [4.69, 9.17) is 16.3 Å². The van der Waals surface area contributed by atoms with E-state index in [9.17, 15) is 9.59 Å². The van der Waals surface area contributed by atoms with E-state index in [-0.39, 0.29) is 12.1 Å². The summed E-state index contributed by atoms with van der Waals surface area (Å²) in [6.45, 7) is 6.25. The van der Waals surface area contributed by atoms with Crippen LogP contribution in [0.1, 0.15) is 20.8 Å². The average Bonchev–Trinajstić information content (AvgIpc) is 2.21. The molecule has 0 aromatic heterocycles. The van der Waals surface area contributed by atoms with Crippen molar-refractivity contribution in [2.24, 2.45) is 0 Å². The van der Waals surface area contributed by atoms with Crippen LogP contribution < -0.4 is 5.32 Å². The van der Waals surface area contributed by atoms with E-state index in [2.05, 4.69) is 5.32 Å². The Bertz CT molecular complexity index is 283. The minimum absolute atomic E-state index is 0.00882. The second-order valence-corrected chi connectivity index (χ2v) is 4.71. The number of carbonyl (C=O) groups excluding carboxylic acids is 2. The fraction of sp³-hybridized carbons (Fsp3) is 0.800. The van der Waals surface area contributed by atoms with Crippen LogP contribution in [-0.2, 0) is 9.53 Å². The van der Waals surface area contributed by atoms with E-state index in [1.807, 2.05) is 13.8 Å². The molecular weight excluding hydrogens is 232 g/mol. The van der Waals surface area contributed by atoms with Crippen LogP contribution in [0.25, 0.3) is 0 Å². The number of imide groups is 1. The molecule has 16 heavy (non-hydrogen) atoms. The highest BCUT2D eigenvalue weighted by molar-refractivity contribution is 6.31. The first kappa shape index (κ1) is 13.3. The summed E-state index contributed by atoms with van der Waals surface area (Å²) in [6, 6.07) is -0.435. The standard InChI is InChI=1S/C10H17ClN2O3/c1-6-5-16-7(2)4-13(6)10(15)12-9(14)8(3)11/h6-8H,4-5H2,1-3H3,(H,12,14,15). The number of amides is 3. The Morgan fingerprint density at radius 1 is 1.50 bits per heavy atom. The Hall–Kier alpha value is -0.810. The highest BCUT2D eigenvalue weighted by Crippen LogP contribution is 2.11. The second-order valence-electron chi connectivity index (χ2n) is 4.06. The number of urea groups is 1. The van der Waals surface area contributed by atoms with Crippen LogP contribution in [0.15, 0.2) is 0 Å². The Labute approximate surface area is 100 Å². The molecule has 1 saturated heterocycles. The smallest absolute Gasteiger partial charge is 0.324 e. The lowest BCUT2D eigenvalue weighted by molar-refractivity contribution is -0.119. The lowest BCUT2D eigenvalue weighted by atomic mass is 10.2. The van der Waals surface area contributed by atoms with Crippen LogP contribution >= 0.6 is 11.6 Å². The number of hydrogen-bond donors (Lipinski definition) is 1. The van der Waals surface area contributed by atoms with Gasteiger partial charge in [0.1, 0.15) is 5.38 Å². The third kappa shape index (κ3) is 3.35. The number of morpholine rings is 1. The minimum atomic E-state index is -0.710. The maximum Gasteiger partial charge on any atom is 0.324 e. The molecule has 3 atom stereocenters. The van der Waals surface area contributed by atoms with Gasteiger partial charge in [-0.15, -0.1) is 11.6 Å². The van der Waals surface area contributed by atoms with Crippen molar-refractivity contribution in [3.05, 3.63) is 0 Å². The molecule has 0 saturated carbocycles. The van der Waals surface area contributed by atoms with Crippen molar-refractivity contribution >= 4 is 23.5 Å². The first-order valence-electron chi connectivity index (χ1n) is 5.29. The number of alkyl halides is 1. The lowest BCUT2D eigenvalue weighted by Crippen LogP contribution is -2.55. The van der Waals surface area contributed by atoms with Gasteiger partial charge in [0.15, 0.2) is 0 Å². The number of nitrogens with one attached hydrogen (secondary N) is 1. The largest absolute Gasteiger partial charge is 0.375 e. The summed E-state index contributed by atoms with van der Waals surface area (Å²) in [7, 11) is 0. The Morgan fingerprint density at radius 3 is 2.69 bits per heavy atom. The number of carbonyl (C=O) groups is 2. The molecule has 0 spiro atoms. The van der Waals surface area contributed by atoms with E-state index in [0.29, 0.717) is 13.2 Å². The maximum absolute atomic E-state index is 11.7. The molecule has 3 amide bonds. The molecule has 1 aliphatic heterocycles. The van der Waals surface area contributed by atoms with E-state index in [1.165, 1.54) is 6.92 Å². The van der Waals surface area contributed by atoms with Crippen LogP contribution in [0.2, 0.25) is 0 Å². The van der Waals surface area contributed by atoms with Gasteiger partial charge in [-0.3, -0.25) is 10.1 Å². The molecule has 6 heteroatoms. The van der Waals surface area contributed by atoms with Crippen molar-refractivity contribution in [3.63, 3.8) is 0 Å². The molecule has 0 bridgehead atoms. The molecule has 0 aromatic rings. The lowest BCUT2D eigenvalue weighted by Gasteiger charge is -2.36. The second kappa shape index (κ2) is 5.50. The van der Waals surface area contributed by atoms with Gasteiger partial charge in [-0.25, -0.2) is 4.79 Å². The predicted octanol–water partition coefficient (Wildman–Crippen LogP) is 0.959. The monoisotopic (exact) mass is 248 g/mol. The van der Waals surface area contributed by atoms with Crippen molar-refractivity contribution in [1.82, 2.24) is 10.2 Å². The topological polar surface area (TPSA) is 58.6 Å². The molecular formula is C10H17ClN2O3. The summed E-state index contributed by atoms with van der Waals surface area (Å²) < 4.78 is 5.39. The van der Waals surface area contributed by atoms with Crippen LogP contribution in [-0.4, -0.2) is 47.5 Å². The molecule has 1 N–H and O–H groups in total. The number of nitrogens with zero attached hydrogens (tertiary/aromatic N) is 1. The SMILES string of the molecule is CC1CN(C(=O)NC(=O)C(C)Cl)C(C)CO1. The van der Waals surface area contributed by atoms with Gasteiger partial charge < -0.3 is 9.64 Å². The van der Waals surface area contributed by atoms with Crippen molar-refractivity contribution in [3.8, 4) is 0 Å². The third-order valence-electron chi connectivity index (χ3n) is 2.46. The van der Waals surface area contributed by atoms with Gasteiger partial charge in [0, 0.05) is 6.54 Å². The van der Waals surface area contributed by atoms with E-state index < -0.39 is 17.3 Å². The van der Waals surface area contributed by atoms with E-state index >= 15 is 0 Å². The Morgan fingerprint density at radius 2 is 2.12 bits per heavy atom. The van der Waals surface area contributed by atoms with Gasteiger partial charge in [0.2, 0.25) is 5.91 Å². The molecule has 0 aromatic carbocycles. The maximum atomic E-state index is 11.7. The molecule has 3 unspecified atom stereocenters. The summed E-state index contributed by atoms with van der Waals surface area (Å²) >= 11 is 5.57. The quantitative estimate of drug-likeness (QED) is 0.704. The first-order valence-corrected chi connectivity index (χ1v) is 5.72. The zero-order valence-corrected chi connectivity index (χ0v) is 10.5. The molecule has 0 radical (unpaired) electrons. The van der Waals surface area contributed by atoms with Gasteiger partial charge in [-0.2, -0.15) is 0 Å². The van der Waals surface area contributed by atoms with Crippen molar-refractivity contribution in [2.75, 3.05) is 13.2 Å². The van der Waals surface area contributed by atoms with E-state index in [1.54, 1.807) is 4.90 Å². The molecule has 1 heterocycles. The molecule has 0 aliphatic carbocycles.